The van der Waals surface area contributed by atoms with Crippen molar-refractivity contribution < 1.29 is 0 Å². The summed E-state index contributed by atoms with van der Waals surface area (Å²) in [7, 11) is 0. The second kappa shape index (κ2) is 5.19. The van der Waals surface area contributed by atoms with E-state index in [1.165, 1.54) is 0 Å². The van der Waals surface area contributed by atoms with Gasteiger partial charge in [0.25, 0.3) is 0 Å². The average molecular weight is 306 g/mol. The number of fused-ring (bicyclic) bond motifs is 1. The second-order valence-corrected chi connectivity index (χ2v) is 6.82. The summed E-state index contributed by atoms with van der Waals surface area (Å²) in [6, 6.07) is 7.83. The SMILES string of the molecule is Cc1nc2sc(CC(C)C)nn2c1-c1ccc(Cl)cc1. The van der Waals surface area contributed by atoms with Crippen LogP contribution >= 0.6 is 22.9 Å². The number of benzene rings is 1. The molecule has 5 heteroatoms. The molecule has 0 N–H and O–H groups in total. The molecule has 0 saturated heterocycles. The highest BCUT2D eigenvalue weighted by atomic mass is 35.5. The van der Waals surface area contributed by atoms with Gasteiger partial charge in [-0.2, -0.15) is 5.10 Å². The molecule has 0 aliphatic carbocycles. The minimum Gasteiger partial charge on any atom is -0.222 e. The zero-order valence-electron chi connectivity index (χ0n) is 11.7. The number of hydrogen-bond donors (Lipinski definition) is 0. The van der Waals surface area contributed by atoms with Crippen LogP contribution in [-0.2, 0) is 6.42 Å². The van der Waals surface area contributed by atoms with Gasteiger partial charge < -0.3 is 0 Å². The summed E-state index contributed by atoms with van der Waals surface area (Å²) >= 11 is 7.63. The number of halogens is 1. The fourth-order valence-electron chi connectivity index (χ4n) is 2.26. The Hall–Kier alpha value is -1.39. The van der Waals surface area contributed by atoms with E-state index < -0.39 is 0 Å². The van der Waals surface area contributed by atoms with Crippen LogP contribution in [-0.4, -0.2) is 14.6 Å². The minimum atomic E-state index is 0.603. The molecule has 0 bridgehead atoms. The van der Waals surface area contributed by atoms with Crippen LogP contribution in [0, 0.1) is 12.8 Å². The van der Waals surface area contributed by atoms with Crippen LogP contribution < -0.4 is 0 Å². The molecule has 1 aromatic carbocycles. The molecule has 0 amide bonds. The molecular formula is C15H16ClN3S. The van der Waals surface area contributed by atoms with Crippen molar-refractivity contribution in [2.24, 2.45) is 5.92 Å². The molecule has 0 saturated carbocycles. The fourth-order valence-corrected chi connectivity index (χ4v) is 3.54. The molecule has 3 rings (SSSR count). The van der Waals surface area contributed by atoms with Crippen LogP contribution in [0.15, 0.2) is 24.3 Å². The lowest BCUT2D eigenvalue weighted by Gasteiger charge is -2.02. The third-order valence-corrected chi connectivity index (χ3v) is 4.30. The Bertz CT molecular complexity index is 740. The Morgan fingerprint density at radius 2 is 1.95 bits per heavy atom. The van der Waals surface area contributed by atoms with Crippen LogP contribution in [0.4, 0.5) is 0 Å². The molecule has 0 aliphatic heterocycles. The van der Waals surface area contributed by atoms with Gasteiger partial charge in [-0.05, 0) is 25.0 Å². The van der Waals surface area contributed by atoms with E-state index in [0.29, 0.717) is 5.92 Å². The lowest BCUT2D eigenvalue weighted by molar-refractivity contribution is 0.637. The first kappa shape index (κ1) is 13.6. The molecule has 104 valence electrons. The molecule has 0 fully saturated rings. The van der Waals surface area contributed by atoms with E-state index in [4.69, 9.17) is 16.7 Å². The van der Waals surface area contributed by atoms with Crippen LogP contribution in [0.1, 0.15) is 24.5 Å². The Balaban J connectivity index is 2.11. The Morgan fingerprint density at radius 1 is 1.25 bits per heavy atom. The fraction of sp³-hybridized carbons (Fsp3) is 0.333. The molecule has 0 aliphatic rings. The zero-order valence-corrected chi connectivity index (χ0v) is 13.3. The monoisotopic (exact) mass is 305 g/mol. The predicted molar refractivity (Wildman–Crippen MR) is 84.6 cm³/mol. The molecule has 3 nitrogen and oxygen atoms in total. The van der Waals surface area contributed by atoms with Gasteiger partial charge in [-0.3, -0.25) is 0 Å². The molecule has 3 aromatic rings. The van der Waals surface area contributed by atoms with Crippen molar-refractivity contribution in [1.82, 2.24) is 14.6 Å². The minimum absolute atomic E-state index is 0.603. The first-order valence-corrected chi connectivity index (χ1v) is 7.85. The average Bonchev–Trinajstić information content (AvgIpc) is 2.86. The Kier molecular flexibility index (Phi) is 3.52. The van der Waals surface area contributed by atoms with E-state index in [2.05, 4.69) is 18.8 Å². The van der Waals surface area contributed by atoms with Gasteiger partial charge in [0, 0.05) is 17.0 Å². The number of rotatable bonds is 3. The Morgan fingerprint density at radius 3 is 2.60 bits per heavy atom. The van der Waals surface area contributed by atoms with Crippen molar-refractivity contribution in [2.75, 3.05) is 0 Å². The smallest absolute Gasteiger partial charge is 0.212 e. The van der Waals surface area contributed by atoms with Crippen molar-refractivity contribution in [2.45, 2.75) is 27.2 Å². The lowest BCUT2D eigenvalue weighted by atomic mass is 10.1. The third-order valence-electron chi connectivity index (χ3n) is 3.12. The number of aryl methyl sites for hydroxylation is 1. The normalized spacial score (nSPS) is 11.7. The van der Waals surface area contributed by atoms with Crippen molar-refractivity contribution in [1.29, 1.82) is 0 Å². The molecule has 0 spiro atoms. The summed E-state index contributed by atoms with van der Waals surface area (Å²) < 4.78 is 1.96. The predicted octanol–water partition coefficient (Wildman–Crippen LogP) is 4.62. The van der Waals surface area contributed by atoms with E-state index >= 15 is 0 Å². The molecule has 0 radical (unpaired) electrons. The molecule has 20 heavy (non-hydrogen) atoms. The summed E-state index contributed by atoms with van der Waals surface area (Å²) in [6.07, 6.45) is 0.993. The standard InChI is InChI=1S/C15H16ClN3S/c1-9(2)8-13-18-19-14(10(3)17-15(19)20-13)11-4-6-12(16)7-5-11/h4-7,9H,8H2,1-3H3. The van der Waals surface area contributed by atoms with Gasteiger partial charge in [0.15, 0.2) is 0 Å². The highest BCUT2D eigenvalue weighted by molar-refractivity contribution is 7.16. The van der Waals surface area contributed by atoms with Crippen LogP contribution in [0.5, 0.6) is 0 Å². The van der Waals surface area contributed by atoms with Crippen LogP contribution in [0.2, 0.25) is 5.02 Å². The largest absolute Gasteiger partial charge is 0.222 e. The van der Waals surface area contributed by atoms with Gasteiger partial charge >= 0.3 is 0 Å². The summed E-state index contributed by atoms with van der Waals surface area (Å²) in [5.41, 5.74) is 3.16. The number of nitrogens with zero attached hydrogens (tertiary/aromatic N) is 3. The van der Waals surface area contributed by atoms with E-state index in [-0.39, 0.29) is 0 Å². The number of aromatic nitrogens is 3. The van der Waals surface area contributed by atoms with Gasteiger partial charge in [-0.1, -0.05) is 48.9 Å². The lowest BCUT2D eigenvalue weighted by Crippen LogP contribution is -1.96. The molecule has 2 aromatic heterocycles. The number of imidazole rings is 1. The maximum atomic E-state index is 5.96. The van der Waals surface area contributed by atoms with Crippen LogP contribution in [0.25, 0.3) is 16.2 Å². The van der Waals surface area contributed by atoms with Gasteiger partial charge in [0.05, 0.1) is 11.4 Å². The van der Waals surface area contributed by atoms with Crippen molar-refractivity contribution in [3.8, 4) is 11.3 Å². The van der Waals surface area contributed by atoms with E-state index in [1.807, 2.05) is 35.7 Å². The highest BCUT2D eigenvalue weighted by Gasteiger charge is 2.15. The molecule has 0 unspecified atom stereocenters. The van der Waals surface area contributed by atoms with Gasteiger partial charge in [-0.25, -0.2) is 9.50 Å². The van der Waals surface area contributed by atoms with Gasteiger partial charge in [0.2, 0.25) is 4.96 Å². The zero-order chi connectivity index (χ0) is 14.3. The first-order chi connectivity index (χ1) is 9.54. The quantitative estimate of drug-likeness (QED) is 0.707. The first-order valence-electron chi connectivity index (χ1n) is 6.65. The van der Waals surface area contributed by atoms with Gasteiger partial charge in [-0.15, -0.1) is 0 Å². The van der Waals surface area contributed by atoms with E-state index in [1.54, 1.807) is 11.3 Å². The van der Waals surface area contributed by atoms with E-state index in [0.717, 1.165) is 38.4 Å². The molecule has 0 atom stereocenters. The summed E-state index contributed by atoms with van der Waals surface area (Å²) in [5, 5.41) is 6.59. The van der Waals surface area contributed by atoms with Crippen molar-refractivity contribution in [3.05, 3.63) is 40.0 Å². The third kappa shape index (κ3) is 2.45. The summed E-state index contributed by atoms with van der Waals surface area (Å²) in [6.45, 7) is 6.43. The van der Waals surface area contributed by atoms with Crippen molar-refractivity contribution in [3.63, 3.8) is 0 Å². The Labute approximate surface area is 127 Å². The highest BCUT2D eigenvalue weighted by Crippen LogP contribution is 2.28. The molecule has 2 heterocycles. The maximum absolute atomic E-state index is 5.96. The second-order valence-electron chi connectivity index (χ2n) is 5.34. The topological polar surface area (TPSA) is 30.2 Å². The van der Waals surface area contributed by atoms with Crippen molar-refractivity contribution >= 4 is 27.9 Å². The van der Waals surface area contributed by atoms with Crippen LogP contribution in [0.3, 0.4) is 0 Å². The molecular weight excluding hydrogens is 290 g/mol. The van der Waals surface area contributed by atoms with E-state index in [9.17, 15) is 0 Å². The van der Waals surface area contributed by atoms with Gasteiger partial charge in [0.1, 0.15) is 5.01 Å². The number of hydrogen-bond acceptors (Lipinski definition) is 3. The maximum Gasteiger partial charge on any atom is 0.212 e. The summed E-state index contributed by atoms with van der Waals surface area (Å²) in [5.74, 6) is 0.603. The summed E-state index contributed by atoms with van der Waals surface area (Å²) in [4.78, 5) is 5.59.